The van der Waals surface area contributed by atoms with Crippen LogP contribution in [0.1, 0.15) is 43.6 Å². The highest BCUT2D eigenvalue weighted by Crippen LogP contribution is 2.41. The zero-order chi connectivity index (χ0) is 13.1. The Hall–Kier alpha value is -0.860. The summed E-state index contributed by atoms with van der Waals surface area (Å²) in [5.41, 5.74) is 7.41. The van der Waals surface area contributed by atoms with Crippen molar-refractivity contribution in [2.45, 2.75) is 44.1 Å². The van der Waals surface area contributed by atoms with Gasteiger partial charge in [-0.05, 0) is 49.8 Å². The van der Waals surface area contributed by atoms with Gasteiger partial charge in [-0.25, -0.2) is 0 Å². The highest BCUT2D eigenvalue weighted by molar-refractivity contribution is 5.27. The fourth-order valence-electron chi connectivity index (χ4n) is 3.66. The van der Waals surface area contributed by atoms with Crippen LogP contribution in [0.25, 0.3) is 0 Å². The van der Waals surface area contributed by atoms with E-state index in [0.29, 0.717) is 6.04 Å². The fourth-order valence-corrected chi connectivity index (χ4v) is 3.66. The van der Waals surface area contributed by atoms with Gasteiger partial charge in [-0.3, -0.25) is 0 Å². The Morgan fingerprint density at radius 2 is 1.79 bits per heavy atom. The van der Waals surface area contributed by atoms with Gasteiger partial charge >= 0.3 is 0 Å². The molecule has 4 atom stereocenters. The Balaban J connectivity index is 1.46. The van der Waals surface area contributed by atoms with Crippen molar-refractivity contribution >= 4 is 0 Å². The highest BCUT2D eigenvalue weighted by atomic mass is 15.0. The molecule has 0 spiro atoms. The summed E-state index contributed by atoms with van der Waals surface area (Å²) >= 11 is 0. The van der Waals surface area contributed by atoms with Crippen molar-refractivity contribution in [2.75, 3.05) is 13.1 Å². The second-order valence-electron chi connectivity index (χ2n) is 6.31. The van der Waals surface area contributed by atoms with E-state index in [1.165, 1.54) is 44.2 Å². The third-order valence-electron chi connectivity index (χ3n) is 5.03. The van der Waals surface area contributed by atoms with Crippen LogP contribution in [-0.4, -0.2) is 19.1 Å². The summed E-state index contributed by atoms with van der Waals surface area (Å²) < 4.78 is 0. The maximum Gasteiger partial charge on any atom is 0.0143 e. The Bertz CT molecular complexity index is 390. The van der Waals surface area contributed by atoms with Crippen LogP contribution in [0.4, 0.5) is 0 Å². The van der Waals surface area contributed by atoms with Crippen LogP contribution in [0.2, 0.25) is 0 Å². The summed E-state index contributed by atoms with van der Waals surface area (Å²) in [5, 5.41) is 3.78. The zero-order valence-corrected chi connectivity index (χ0v) is 11.7. The Kier molecular flexibility index (Phi) is 4.19. The zero-order valence-electron chi connectivity index (χ0n) is 11.7. The van der Waals surface area contributed by atoms with Gasteiger partial charge < -0.3 is 11.1 Å². The molecule has 2 fully saturated rings. The lowest BCUT2D eigenvalue weighted by Gasteiger charge is -2.30. The second kappa shape index (κ2) is 6.06. The van der Waals surface area contributed by atoms with Crippen molar-refractivity contribution < 1.29 is 0 Å². The average molecular weight is 258 g/mol. The van der Waals surface area contributed by atoms with Crippen LogP contribution in [0.15, 0.2) is 30.3 Å². The first kappa shape index (κ1) is 13.1. The van der Waals surface area contributed by atoms with E-state index in [1.807, 2.05) is 0 Å². The van der Waals surface area contributed by atoms with Gasteiger partial charge in [0.2, 0.25) is 0 Å². The highest BCUT2D eigenvalue weighted by Gasteiger charge is 2.38. The first-order valence-corrected chi connectivity index (χ1v) is 7.87. The first-order valence-electron chi connectivity index (χ1n) is 7.87. The topological polar surface area (TPSA) is 38.0 Å². The monoisotopic (exact) mass is 258 g/mol. The molecule has 4 unspecified atom stereocenters. The summed E-state index contributed by atoms with van der Waals surface area (Å²) in [6, 6.07) is 11.6. The van der Waals surface area contributed by atoms with E-state index in [9.17, 15) is 0 Å². The lowest BCUT2D eigenvalue weighted by atomic mass is 9.79. The quantitative estimate of drug-likeness (QED) is 0.852. The first-order chi connectivity index (χ1) is 9.38. The number of hydrogen-bond acceptors (Lipinski definition) is 2. The molecule has 2 heteroatoms. The van der Waals surface area contributed by atoms with E-state index in [-0.39, 0.29) is 0 Å². The number of nitrogens with one attached hydrogen (secondary N) is 1. The standard InChI is InChI=1S/C17H26N2/c18-11-14-8-4-5-9-15(14)12-19-17-10-16(17)13-6-2-1-3-7-13/h1-3,6-7,14-17,19H,4-5,8-12,18H2. The summed E-state index contributed by atoms with van der Waals surface area (Å²) in [6.07, 6.45) is 6.81. The molecule has 1 aromatic rings. The molecule has 0 bridgehead atoms. The smallest absolute Gasteiger partial charge is 0.0143 e. The van der Waals surface area contributed by atoms with E-state index >= 15 is 0 Å². The molecule has 104 valence electrons. The summed E-state index contributed by atoms with van der Waals surface area (Å²) in [6.45, 7) is 2.05. The Morgan fingerprint density at radius 1 is 1.05 bits per heavy atom. The van der Waals surface area contributed by atoms with Gasteiger partial charge in [-0.1, -0.05) is 43.2 Å². The molecule has 2 aliphatic rings. The molecule has 0 aliphatic heterocycles. The largest absolute Gasteiger partial charge is 0.330 e. The predicted octanol–water partition coefficient (Wildman–Crippen LogP) is 2.90. The Morgan fingerprint density at radius 3 is 2.53 bits per heavy atom. The molecular formula is C17H26N2. The van der Waals surface area contributed by atoms with E-state index in [0.717, 1.165) is 24.3 Å². The number of rotatable bonds is 5. The van der Waals surface area contributed by atoms with Crippen LogP contribution in [0.5, 0.6) is 0 Å². The molecule has 0 heterocycles. The molecular weight excluding hydrogens is 232 g/mol. The molecule has 0 aromatic heterocycles. The number of benzene rings is 1. The molecule has 1 aromatic carbocycles. The molecule has 2 aliphatic carbocycles. The third kappa shape index (κ3) is 3.18. The van der Waals surface area contributed by atoms with Crippen LogP contribution in [-0.2, 0) is 0 Å². The summed E-state index contributed by atoms with van der Waals surface area (Å²) in [7, 11) is 0. The second-order valence-corrected chi connectivity index (χ2v) is 6.31. The average Bonchev–Trinajstić information content (AvgIpc) is 3.26. The van der Waals surface area contributed by atoms with Gasteiger partial charge in [-0.2, -0.15) is 0 Å². The third-order valence-corrected chi connectivity index (χ3v) is 5.03. The minimum Gasteiger partial charge on any atom is -0.330 e. The minimum absolute atomic E-state index is 0.711. The summed E-state index contributed by atoms with van der Waals surface area (Å²) in [4.78, 5) is 0. The maximum absolute atomic E-state index is 5.91. The minimum atomic E-state index is 0.711. The lowest BCUT2D eigenvalue weighted by Crippen LogP contribution is -2.35. The maximum atomic E-state index is 5.91. The van der Waals surface area contributed by atoms with E-state index in [2.05, 4.69) is 35.6 Å². The molecule has 2 nitrogen and oxygen atoms in total. The number of nitrogens with two attached hydrogens (primary N) is 1. The van der Waals surface area contributed by atoms with Gasteiger partial charge in [0.1, 0.15) is 0 Å². The molecule has 19 heavy (non-hydrogen) atoms. The molecule has 3 N–H and O–H groups in total. The van der Waals surface area contributed by atoms with Crippen LogP contribution >= 0.6 is 0 Å². The van der Waals surface area contributed by atoms with Crippen molar-refractivity contribution in [2.24, 2.45) is 17.6 Å². The van der Waals surface area contributed by atoms with Crippen LogP contribution in [0, 0.1) is 11.8 Å². The fraction of sp³-hybridized carbons (Fsp3) is 0.647. The summed E-state index contributed by atoms with van der Waals surface area (Å²) in [5.74, 6) is 2.33. The van der Waals surface area contributed by atoms with Crippen molar-refractivity contribution in [3.63, 3.8) is 0 Å². The van der Waals surface area contributed by atoms with E-state index in [1.54, 1.807) is 0 Å². The number of hydrogen-bond donors (Lipinski definition) is 2. The Labute approximate surface area is 116 Å². The SMILES string of the molecule is NCC1CCCCC1CNC1CC1c1ccccc1. The van der Waals surface area contributed by atoms with Crippen LogP contribution in [0.3, 0.4) is 0 Å². The van der Waals surface area contributed by atoms with E-state index in [4.69, 9.17) is 5.73 Å². The van der Waals surface area contributed by atoms with Crippen molar-refractivity contribution in [3.05, 3.63) is 35.9 Å². The molecule has 0 radical (unpaired) electrons. The van der Waals surface area contributed by atoms with E-state index < -0.39 is 0 Å². The van der Waals surface area contributed by atoms with Gasteiger partial charge in [0.25, 0.3) is 0 Å². The van der Waals surface area contributed by atoms with Gasteiger partial charge in [0, 0.05) is 12.0 Å². The van der Waals surface area contributed by atoms with Crippen molar-refractivity contribution in [1.82, 2.24) is 5.32 Å². The molecule has 0 saturated heterocycles. The normalized spacial score (nSPS) is 34.2. The van der Waals surface area contributed by atoms with Gasteiger partial charge in [0.05, 0.1) is 0 Å². The lowest BCUT2D eigenvalue weighted by molar-refractivity contribution is 0.235. The van der Waals surface area contributed by atoms with Crippen molar-refractivity contribution in [3.8, 4) is 0 Å². The van der Waals surface area contributed by atoms with Gasteiger partial charge in [0.15, 0.2) is 0 Å². The predicted molar refractivity (Wildman–Crippen MR) is 80.1 cm³/mol. The van der Waals surface area contributed by atoms with Crippen LogP contribution < -0.4 is 11.1 Å². The molecule has 3 rings (SSSR count). The molecule has 2 saturated carbocycles. The van der Waals surface area contributed by atoms with Gasteiger partial charge in [-0.15, -0.1) is 0 Å². The van der Waals surface area contributed by atoms with Crippen molar-refractivity contribution in [1.29, 1.82) is 0 Å². The molecule has 0 amide bonds.